The van der Waals surface area contributed by atoms with E-state index in [9.17, 15) is 4.79 Å². The summed E-state index contributed by atoms with van der Waals surface area (Å²) in [4.78, 5) is 13.3. The first-order valence-electron chi connectivity index (χ1n) is 5.43. The summed E-state index contributed by atoms with van der Waals surface area (Å²) in [6, 6.07) is 7.34. The van der Waals surface area contributed by atoms with E-state index in [1.807, 2.05) is 37.2 Å². The minimum Gasteiger partial charge on any atom is -0.490 e. The van der Waals surface area contributed by atoms with Crippen molar-refractivity contribution in [2.24, 2.45) is 0 Å². The molecule has 0 saturated carbocycles. The maximum absolute atomic E-state index is 11.2. The van der Waals surface area contributed by atoms with Gasteiger partial charge in [-0.05, 0) is 32.3 Å². The van der Waals surface area contributed by atoms with Crippen molar-refractivity contribution in [3.63, 3.8) is 0 Å². The van der Waals surface area contributed by atoms with E-state index in [2.05, 4.69) is 11.9 Å². The number of rotatable bonds is 6. The maximum atomic E-state index is 11.2. The lowest BCUT2D eigenvalue weighted by Gasteiger charge is -2.13. The molecule has 0 atom stereocenters. The molecule has 1 amide bonds. The van der Waals surface area contributed by atoms with Crippen LogP contribution in [0.2, 0.25) is 0 Å². The van der Waals surface area contributed by atoms with Gasteiger partial charge in [-0.2, -0.15) is 0 Å². The predicted octanol–water partition coefficient (Wildman–Crippen LogP) is 1.75. The predicted molar refractivity (Wildman–Crippen MR) is 69.3 cm³/mol. The number of carbonyl (C=O) groups is 1. The lowest BCUT2D eigenvalue weighted by Crippen LogP contribution is -2.20. The molecule has 4 nitrogen and oxygen atoms in total. The number of carbonyl (C=O) groups excluding carboxylic acids is 1. The van der Waals surface area contributed by atoms with Crippen molar-refractivity contribution in [2.75, 3.05) is 32.6 Å². The van der Waals surface area contributed by atoms with E-state index < -0.39 is 0 Å². The molecule has 92 valence electrons. The van der Waals surface area contributed by atoms with E-state index in [1.54, 1.807) is 6.07 Å². The van der Waals surface area contributed by atoms with Crippen molar-refractivity contribution < 1.29 is 9.53 Å². The standard InChI is InChI=1S/C13H18N2O2/c1-4-13(16)14-11-7-5-6-8-12(11)17-10-9-15(2)3/h4-8H,1,9-10H2,2-3H3,(H,14,16). The van der Waals surface area contributed by atoms with E-state index >= 15 is 0 Å². The van der Waals surface area contributed by atoms with Crippen LogP contribution in [-0.2, 0) is 4.79 Å². The van der Waals surface area contributed by atoms with Crippen molar-refractivity contribution in [1.82, 2.24) is 4.90 Å². The molecule has 17 heavy (non-hydrogen) atoms. The molecule has 0 bridgehead atoms. The minimum atomic E-state index is -0.242. The Bertz CT molecular complexity index is 389. The summed E-state index contributed by atoms with van der Waals surface area (Å²) < 4.78 is 5.60. The van der Waals surface area contributed by atoms with Crippen LogP contribution in [0.15, 0.2) is 36.9 Å². The molecule has 0 radical (unpaired) electrons. The van der Waals surface area contributed by atoms with Gasteiger partial charge in [0.1, 0.15) is 12.4 Å². The van der Waals surface area contributed by atoms with Crippen LogP contribution >= 0.6 is 0 Å². The first-order valence-corrected chi connectivity index (χ1v) is 5.43. The lowest BCUT2D eigenvalue weighted by molar-refractivity contribution is -0.111. The van der Waals surface area contributed by atoms with Gasteiger partial charge in [-0.3, -0.25) is 4.79 Å². The first-order chi connectivity index (χ1) is 8.13. The second-order valence-electron chi connectivity index (χ2n) is 3.84. The van der Waals surface area contributed by atoms with E-state index in [0.29, 0.717) is 18.0 Å². The van der Waals surface area contributed by atoms with Gasteiger partial charge in [-0.1, -0.05) is 18.7 Å². The Balaban J connectivity index is 2.64. The van der Waals surface area contributed by atoms with Crippen LogP contribution < -0.4 is 10.1 Å². The molecule has 0 heterocycles. The quantitative estimate of drug-likeness (QED) is 0.762. The zero-order valence-corrected chi connectivity index (χ0v) is 10.3. The number of para-hydroxylation sites is 2. The molecule has 0 unspecified atom stereocenters. The average molecular weight is 234 g/mol. The molecule has 1 rings (SSSR count). The Kier molecular flexibility index (Phi) is 5.23. The summed E-state index contributed by atoms with van der Waals surface area (Å²) in [6.07, 6.45) is 1.23. The van der Waals surface area contributed by atoms with E-state index in [1.165, 1.54) is 6.08 Å². The first kappa shape index (κ1) is 13.3. The van der Waals surface area contributed by atoms with Crippen LogP contribution in [0.25, 0.3) is 0 Å². The highest BCUT2D eigenvalue weighted by atomic mass is 16.5. The summed E-state index contributed by atoms with van der Waals surface area (Å²) in [6.45, 7) is 4.81. The number of hydrogen-bond donors (Lipinski definition) is 1. The van der Waals surface area contributed by atoms with Gasteiger partial charge in [0.25, 0.3) is 0 Å². The number of ether oxygens (including phenoxy) is 1. The van der Waals surface area contributed by atoms with Crippen LogP contribution in [0.1, 0.15) is 0 Å². The van der Waals surface area contributed by atoms with Gasteiger partial charge >= 0.3 is 0 Å². The highest BCUT2D eigenvalue weighted by Gasteiger charge is 2.04. The average Bonchev–Trinajstić information content (AvgIpc) is 2.30. The molecule has 0 aromatic heterocycles. The zero-order valence-electron chi connectivity index (χ0n) is 10.3. The Hall–Kier alpha value is -1.81. The smallest absolute Gasteiger partial charge is 0.247 e. The third kappa shape index (κ3) is 4.70. The molecule has 0 saturated heterocycles. The SMILES string of the molecule is C=CC(=O)Nc1ccccc1OCCN(C)C. The normalized spacial score (nSPS) is 10.1. The molecule has 1 N–H and O–H groups in total. The fraction of sp³-hybridized carbons (Fsp3) is 0.308. The van der Waals surface area contributed by atoms with Gasteiger partial charge in [0, 0.05) is 6.54 Å². The zero-order chi connectivity index (χ0) is 12.7. The molecule has 1 aromatic carbocycles. The van der Waals surface area contributed by atoms with Crippen molar-refractivity contribution in [3.05, 3.63) is 36.9 Å². The molecule has 0 aliphatic heterocycles. The third-order valence-corrected chi connectivity index (χ3v) is 2.13. The Morgan fingerprint density at radius 2 is 2.18 bits per heavy atom. The van der Waals surface area contributed by atoms with Crippen LogP contribution in [0.3, 0.4) is 0 Å². The second kappa shape index (κ2) is 6.70. The number of anilines is 1. The third-order valence-electron chi connectivity index (χ3n) is 2.13. The molecule has 4 heteroatoms. The van der Waals surface area contributed by atoms with Gasteiger partial charge in [0.2, 0.25) is 5.91 Å². The van der Waals surface area contributed by atoms with Crippen molar-refractivity contribution in [2.45, 2.75) is 0 Å². The van der Waals surface area contributed by atoms with E-state index in [-0.39, 0.29) is 5.91 Å². The molecule has 0 aliphatic rings. The molecular formula is C13H18N2O2. The van der Waals surface area contributed by atoms with Gasteiger partial charge in [-0.15, -0.1) is 0 Å². The fourth-order valence-electron chi connectivity index (χ4n) is 1.22. The van der Waals surface area contributed by atoms with Gasteiger partial charge in [0.05, 0.1) is 5.69 Å². The van der Waals surface area contributed by atoms with Crippen molar-refractivity contribution in [1.29, 1.82) is 0 Å². The number of amides is 1. The van der Waals surface area contributed by atoms with E-state index in [0.717, 1.165) is 6.54 Å². The van der Waals surface area contributed by atoms with Crippen molar-refractivity contribution in [3.8, 4) is 5.75 Å². The van der Waals surface area contributed by atoms with Crippen LogP contribution in [0, 0.1) is 0 Å². The largest absolute Gasteiger partial charge is 0.490 e. The maximum Gasteiger partial charge on any atom is 0.247 e. The van der Waals surface area contributed by atoms with Crippen molar-refractivity contribution >= 4 is 11.6 Å². The van der Waals surface area contributed by atoms with E-state index in [4.69, 9.17) is 4.74 Å². The van der Waals surface area contributed by atoms with Crippen LogP contribution in [-0.4, -0.2) is 38.1 Å². The lowest BCUT2D eigenvalue weighted by atomic mass is 10.3. The summed E-state index contributed by atoms with van der Waals surface area (Å²) in [7, 11) is 3.96. The minimum absolute atomic E-state index is 0.242. The molecular weight excluding hydrogens is 216 g/mol. The highest BCUT2D eigenvalue weighted by Crippen LogP contribution is 2.23. The number of nitrogens with zero attached hydrogens (tertiary/aromatic N) is 1. The molecule has 0 fully saturated rings. The summed E-state index contributed by atoms with van der Waals surface area (Å²) >= 11 is 0. The van der Waals surface area contributed by atoms with Gasteiger partial charge in [0.15, 0.2) is 0 Å². The number of benzene rings is 1. The summed E-state index contributed by atoms with van der Waals surface area (Å²) in [5, 5.41) is 2.70. The fourth-order valence-corrected chi connectivity index (χ4v) is 1.22. The second-order valence-corrected chi connectivity index (χ2v) is 3.84. The van der Waals surface area contributed by atoms with Crippen LogP contribution in [0.5, 0.6) is 5.75 Å². The molecule has 0 spiro atoms. The Morgan fingerprint density at radius 3 is 2.82 bits per heavy atom. The topological polar surface area (TPSA) is 41.6 Å². The highest BCUT2D eigenvalue weighted by molar-refractivity contribution is 5.99. The number of nitrogens with one attached hydrogen (secondary N) is 1. The summed E-state index contributed by atoms with van der Waals surface area (Å²) in [5.41, 5.74) is 0.663. The number of likely N-dealkylation sites (N-methyl/N-ethyl adjacent to an activating group) is 1. The van der Waals surface area contributed by atoms with Crippen LogP contribution in [0.4, 0.5) is 5.69 Å². The van der Waals surface area contributed by atoms with Gasteiger partial charge < -0.3 is 15.0 Å². The molecule has 1 aromatic rings. The molecule has 0 aliphatic carbocycles. The summed E-state index contributed by atoms with van der Waals surface area (Å²) in [5.74, 6) is 0.429. The Labute approximate surface area is 102 Å². The number of hydrogen-bond acceptors (Lipinski definition) is 3. The van der Waals surface area contributed by atoms with Gasteiger partial charge in [-0.25, -0.2) is 0 Å². The monoisotopic (exact) mass is 234 g/mol. The Morgan fingerprint density at radius 1 is 1.47 bits per heavy atom.